The molecule has 2 amide bonds. The number of halogens is 1. The number of carbonyl (C=O) groups excluding carboxylic acids is 1. The number of anilines is 1. The topological polar surface area (TPSA) is 37.3 Å². The van der Waals surface area contributed by atoms with Gasteiger partial charge in [0.1, 0.15) is 0 Å². The van der Waals surface area contributed by atoms with Gasteiger partial charge in [0.05, 0.1) is 6.54 Å². The van der Waals surface area contributed by atoms with Gasteiger partial charge in [0.15, 0.2) is 0 Å². The van der Waals surface area contributed by atoms with Crippen molar-refractivity contribution < 1.29 is 4.79 Å². The normalized spacial score (nSPS) is 11.0. The molecule has 30 heavy (non-hydrogen) atoms. The van der Waals surface area contributed by atoms with E-state index in [1.807, 2.05) is 65.9 Å². The smallest absolute Gasteiger partial charge is 0.322 e. The summed E-state index contributed by atoms with van der Waals surface area (Å²) in [6.07, 6.45) is 4.08. The lowest BCUT2D eigenvalue weighted by molar-refractivity contribution is 0.200. The van der Waals surface area contributed by atoms with Crippen molar-refractivity contribution in [2.24, 2.45) is 5.92 Å². The molecule has 3 rings (SSSR count). The van der Waals surface area contributed by atoms with Crippen molar-refractivity contribution in [1.82, 2.24) is 9.47 Å². The summed E-state index contributed by atoms with van der Waals surface area (Å²) >= 11 is 7.82. The van der Waals surface area contributed by atoms with Crippen LogP contribution in [0.25, 0.3) is 0 Å². The molecule has 3 aromatic rings. The lowest BCUT2D eigenvalue weighted by Crippen LogP contribution is -2.37. The van der Waals surface area contributed by atoms with E-state index in [0.29, 0.717) is 19.0 Å². The van der Waals surface area contributed by atoms with E-state index in [4.69, 9.17) is 11.6 Å². The van der Waals surface area contributed by atoms with Crippen LogP contribution >= 0.6 is 23.4 Å². The fourth-order valence-corrected chi connectivity index (χ4v) is 3.93. The Balaban J connectivity index is 1.73. The third-order valence-corrected chi connectivity index (χ3v) is 5.71. The summed E-state index contributed by atoms with van der Waals surface area (Å²) in [4.78, 5) is 16.1. The number of benzene rings is 2. The SMILES string of the molecule is CSc1ccc(NC(=O)N(Cc2cccn2Cc2cccc(Cl)c2)CC(C)C)cc1. The van der Waals surface area contributed by atoms with E-state index in [1.165, 1.54) is 4.90 Å². The zero-order valence-corrected chi connectivity index (χ0v) is 19.2. The first-order chi connectivity index (χ1) is 14.4. The Morgan fingerprint density at radius 2 is 1.90 bits per heavy atom. The quantitative estimate of drug-likeness (QED) is 0.399. The molecule has 2 aromatic carbocycles. The lowest BCUT2D eigenvalue weighted by Gasteiger charge is -2.26. The van der Waals surface area contributed by atoms with Gasteiger partial charge in [0.25, 0.3) is 0 Å². The number of rotatable bonds is 8. The summed E-state index contributed by atoms with van der Waals surface area (Å²) in [5.41, 5.74) is 3.03. The molecule has 0 aliphatic rings. The molecular weight excluding hydrogens is 414 g/mol. The highest BCUT2D eigenvalue weighted by Crippen LogP contribution is 2.19. The van der Waals surface area contributed by atoms with Gasteiger partial charge in [0, 0.05) is 40.6 Å². The Morgan fingerprint density at radius 3 is 2.57 bits per heavy atom. The molecule has 1 heterocycles. The summed E-state index contributed by atoms with van der Waals surface area (Å²) in [5, 5.41) is 3.77. The van der Waals surface area contributed by atoms with Crippen molar-refractivity contribution in [2.75, 3.05) is 18.1 Å². The highest BCUT2D eigenvalue weighted by molar-refractivity contribution is 7.98. The van der Waals surface area contributed by atoms with Gasteiger partial charge in [-0.2, -0.15) is 0 Å². The van der Waals surface area contributed by atoms with Crippen LogP contribution in [0.5, 0.6) is 0 Å². The van der Waals surface area contributed by atoms with Crippen molar-refractivity contribution in [2.45, 2.75) is 31.8 Å². The minimum Gasteiger partial charge on any atom is -0.345 e. The maximum absolute atomic E-state index is 13.0. The predicted octanol–water partition coefficient (Wildman–Crippen LogP) is 6.60. The molecule has 0 unspecified atom stereocenters. The standard InChI is InChI=1S/C24H28ClN3OS/c1-18(2)15-28(24(29)26-21-9-11-23(30-3)12-10-21)17-22-8-5-13-27(22)16-19-6-4-7-20(25)14-19/h4-14,18H,15-17H2,1-3H3,(H,26,29). The monoisotopic (exact) mass is 441 g/mol. The van der Waals surface area contributed by atoms with Gasteiger partial charge in [-0.3, -0.25) is 0 Å². The van der Waals surface area contributed by atoms with E-state index in [-0.39, 0.29) is 6.03 Å². The molecule has 0 saturated carbocycles. The van der Waals surface area contributed by atoms with Crippen molar-refractivity contribution in [3.05, 3.63) is 83.1 Å². The second-order valence-electron chi connectivity index (χ2n) is 7.69. The van der Waals surface area contributed by atoms with Gasteiger partial charge >= 0.3 is 6.03 Å². The van der Waals surface area contributed by atoms with Crippen LogP contribution in [0, 0.1) is 5.92 Å². The van der Waals surface area contributed by atoms with Crippen LogP contribution in [0.3, 0.4) is 0 Å². The van der Waals surface area contributed by atoms with Crippen molar-refractivity contribution in [3.8, 4) is 0 Å². The van der Waals surface area contributed by atoms with Gasteiger partial charge in [-0.15, -0.1) is 11.8 Å². The Labute approximate surface area is 188 Å². The molecule has 0 aliphatic carbocycles. The lowest BCUT2D eigenvalue weighted by atomic mass is 10.2. The molecule has 4 nitrogen and oxygen atoms in total. The second kappa shape index (κ2) is 10.6. The van der Waals surface area contributed by atoms with Crippen molar-refractivity contribution in [3.63, 3.8) is 0 Å². The minimum atomic E-state index is -0.0869. The fraction of sp³-hybridized carbons (Fsp3) is 0.292. The first kappa shape index (κ1) is 22.3. The molecule has 0 bridgehead atoms. The Kier molecular flexibility index (Phi) is 7.88. The highest BCUT2D eigenvalue weighted by Gasteiger charge is 2.17. The Morgan fingerprint density at radius 1 is 1.13 bits per heavy atom. The van der Waals surface area contributed by atoms with E-state index in [1.54, 1.807) is 11.8 Å². The van der Waals surface area contributed by atoms with E-state index in [9.17, 15) is 4.79 Å². The van der Waals surface area contributed by atoms with Crippen LogP contribution in [-0.2, 0) is 13.1 Å². The molecule has 0 saturated heterocycles. The number of hydrogen-bond acceptors (Lipinski definition) is 2. The molecule has 158 valence electrons. The van der Waals surface area contributed by atoms with Crippen LogP contribution in [-0.4, -0.2) is 28.3 Å². The third kappa shape index (κ3) is 6.31. The highest BCUT2D eigenvalue weighted by atomic mass is 35.5. The summed E-state index contributed by atoms with van der Waals surface area (Å²) in [7, 11) is 0. The average Bonchev–Trinajstić information content (AvgIpc) is 3.14. The van der Waals surface area contributed by atoms with E-state index >= 15 is 0 Å². The Bertz CT molecular complexity index is 969. The van der Waals surface area contributed by atoms with E-state index in [0.717, 1.165) is 28.5 Å². The first-order valence-corrected chi connectivity index (χ1v) is 11.6. The molecule has 1 aromatic heterocycles. The fourth-order valence-electron chi connectivity index (χ4n) is 3.31. The number of thioether (sulfide) groups is 1. The molecule has 6 heteroatoms. The first-order valence-electron chi connectivity index (χ1n) is 10.0. The summed E-state index contributed by atoms with van der Waals surface area (Å²) in [6, 6.07) is 19.8. The molecule has 0 spiro atoms. The van der Waals surface area contributed by atoms with Gasteiger partial charge in [0.2, 0.25) is 0 Å². The zero-order chi connectivity index (χ0) is 21.5. The van der Waals surface area contributed by atoms with E-state index in [2.05, 4.69) is 35.9 Å². The number of urea groups is 1. The summed E-state index contributed by atoms with van der Waals surface area (Å²) in [5.74, 6) is 0.367. The molecule has 0 radical (unpaired) electrons. The molecule has 0 fully saturated rings. The number of amides is 2. The predicted molar refractivity (Wildman–Crippen MR) is 127 cm³/mol. The maximum Gasteiger partial charge on any atom is 0.322 e. The van der Waals surface area contributed by atoms with Gasteiger partial charge < -0.3 is 14.8 Å². The minimum absolute atomic E-state index is 0.0869. The largest absolute Gasteiger partial charge is 0.345 e. The van der Waals surface area contributed by atoms with Crippen molar-refractivity contribution >= 4 is 35.1 Å². The van der Waals surface area contributed by atoms with E-state index < -0.39 is 0 Å². The zero-order valence-electron chi connectivity index (χ0n) is 17.6. The van der Waals surface area contributed by atoms with Crippen molar-refractivity contribution in [1.29, 1.82) is 0 Å². The number of nitrogens with one attached hydrogen (secondary N) is 1. The molecule has 1 N–H and O–H groups in total. The number of carbonyl (C=O) groups is 1. The molecular formula is C24H28ClN3OS. The molecule has 0 atom stereocenters. The third-order valence-electron chi connectivity index (χ3n) is 4.73. The van der Waals surface area contributed by atoms with Crippen LogP contribution in [0.1, 0.15) is 25.1 Å². The Hall–Kier alpha value is -2.37. The van der Waals surface area contributed by atoms with Gasteiger partial charge in [-0.05, 0) is 66.3 Å². The van der Waals surface area contributed by atoms with Crippen LogP contribution in [0.4, 0.5) is 10.5 Å². The summed E-state index contributed by atoms with van der Waals surface area (Å²) < 4.78 is 2.17. The second-order valence-corrected chi connectivity index (χ2v) is 9.01. The van der Waals surface area contributed by atoms with Gasteiger partial charge in [-0.1, -0.05) is 37.6 Å². The van der Waals surface area contributed by atoms with Gasteiger partial charge in [-0.25, -0.2) is 4.79 Å². The number of nitrogens with zero attached hydrogens (tertiary/aromatic N) is 2. The van der Waals surface area contributed by atoms with Crippen LogP contribution < -0.4 is 5.32 Å². The number of hydrogen-bond donors (Lipinski definition) is 1. The molecule has 0 aliphatic heterocycles. The number of aromatic nitrogens is 1. The van der Waals surface area contributed by atoms with Crippen LogP contribution in [0.2, 0.25) is 5.02 Å². The van der Waals surface area contributed by atoms with Crippen LogP contribution in [0.15, 0.2) is 71.8 Å². The average molecular weight is 442 g/mol. The maximum atomic E-state index is 13.0. The summed E-state index contributed by atoms with van der Waals surface area (Å²) in [6.45, 7) is 6.19.